The fraction of sp³-hybridized carbons (Fsp3) is 0.467. The van der Waals surface area contributed by atoms with Gasteiger partial charge in [0, 0.05) is 23.6 Å². The molecule has 1 aromatic carbocycles. The summed E-state index contributed by atoms with van der Waals surface area (Å²) in [6, 6.07) is 5.69. The molecule has 0 bridgehead atoms. The molecule has 1 atom stereocenters. The summed E-state index contributed by atoms with van der Waals surface area (Å²) in [4.78, 5) is 25.8. The summed E-state index contributed by atoms with van der Waals surface area (Å²) in [7, 11) is 0. The van der Waals surface area contributed by atoms with Crippen LogP contribution in [-0.2, 0) is 0 Å². The Labute approximate surface area is 126 Å². The summed E-state index contributed by atoms with van der Waals surface area (Å²) >= 11 is 3.33. The van der Waals surface area contributed by atoms with E-state index in [1.54, 1.807) is 18.2 Å². The third-order valence-corrected chi connectivity index (χ3v) is 4.56. The van der Waals surface area contributed by atoms with Gasteiger partial charge in [-0.05, 0) is 43.9 Å². The number of hydrogen-bond donors (Lipinski definition) is 1. The monoisotopic (exact) mass is 336 g/mol. The van der Waals surface area contributed by atoms with Crippen LogP contribution in [0.4, 0.5) is 0 Å². The molecule has 3 rings (SSSR count). The van der Waals surface area contributed by atoms with E-state index in [9.17, 15) is 9.59 Å². The molecule has 4 nitrogen and oxygen atoms in total. The van der Waals surface area contributed by atoms with Crippen LogP contribution in [0.15, 0.2) is 22.7 Å². The zero-order valence-electron chi connectivity index (χ0n) is 11.4. The molecule has 1 aromatic rings. The van der Waals surface area contributed by atoms with Gasteiger partial charge < -0.3 is 5.32 Å². The van der Waals surface area contributed by atoms with Crippen molar-refractivity contribution in [2.45, 2.75) is 25.8 Å². The number of hydrogen-bond acceptors (Lipinski definition) is 3. The highest BCUT2D eigenvalue weighted by Crippen LogP contribution is 2.32. The third kappa shape index (κ3) is 2.52. The molecule has 0 aromatic heterocycles. The zero-order chi connectivity index (χ0) is 14.3. The normalized spacial score (nSPS) is 19.4. The smallest absolute Gasteiger partial charge is 0.261 e. The summed E-state index contributed by atoms with van der Waals surface area (Å²) in [6.45, 7) is 3.25. The fourth-order valence-electron chi connectivity index (χ4n) is 2.63. The van der Waals surface area contributed by atoms with Crippen molar-refractivity contribution in [1.82, 2.24) is 10.2 Å². The van der Waals surface area contributed by atoms with Crippen LogP contribution in [0.2, 0.25) is 0 Å². The highest BCUT2D eigenvalue weighted by Gasteiger charge is 2.35. The molecule has 1 unspecified atom stereocenters. The van der Waals surface area contributed by atoms with Gasteiger partial charge >= 0.3 is 0 Å². The van der Waals surface area contributed by atoms with Crippen molar-refractivity contribution in [3.8, 4) is 0 Å². The van der Waals surface area contributed by atoms with Crippen LogP contribution in [0, 0.1) is 5.92 Å². The molecule has 2 amide bonds. The second-order valence-corrected chi connectivity index (χ2v) is 6.45. The Morgan fingerprint density at radius 1 is 1.30 bits per heavy atom. The standard InChI is InChI=1S/C15H17BrN2O2/c1-9(10-2-3-10)17-6-7-18-14(19)12-5-4-11(16)8-13(12)15(18)20/h4-5,8-10,17H,2-3,6-7H2,1H3. The molecule has 1 heterocycles. The number of carbonyl (C=O) groups is 2. The molecule has 0 saturated heterocycles. The minimum absolute atomic E-state index is 0.182. The first-order valence-corrected chi connectivity index (χ1v) is 7.76. The van der Waals surface area contributed by atoms with Crippen LogP contribution in [0.5, 0.6) is 0 Å². The van der Waals surface area contributed by atoms with Gasteiger partial charge in [-0.25, -0.2) is 0 Å². The third-order valence-electron chi connectivity index (χ3n) is 4.06. The molecule has 0 radical (unpaired) electrons. The van der Waals surface area contributed by atoms with E-state index in [0.29, 0.717) is 30.3 Å². The molecule has 2 aliphatic rings. The molecule has 1 aliphatic carbocycles. The Morgan fingerprint density at radius 3 is 2.70 bits per heavy atom. The number of nitrogens with one attached hydrogen (secondary N) is 1. The Hall–Kier alpha value is -1.20. The minimum atomic E-state index is -0.188. The van der Waals surface area contributed by atoms with Gasteiger partial charge in [0.2, 0.25) is 0 Å². The summed E-state index contributed by atoms with van der Waals surface area (Å²) in [6.07, 6.45) is 2.57. The highest BCUT2D eigenvalue weighted by molar-refractivity contribution is 9.10. The van der Waals surface area contributed by atoms with Gasteiger partial charge in [-0.1, -0.05) is 15.9 Å². The lowest BCUT2D eigenvalue weighted by Crippen LogP contribution is -2.39. The maximum atomic E-state index is 12.2. The Balaban J connectivity index is 1.63. The number of amides is 2. The quantitative estimate of drug-likeness (QED) is 0.840. The Kier molecular flexibility index (Phi) is 3.65. The number of halogens is 1. The topological polar surface area (TPSA) is 49.4 Å². The van der Waals surface area contributed by atoms with Crippen molar-refractivity contribution < 1.29 is 9.59 Å². The number of carbonyl (C=O) groups excluding carboxylic acids is 2. The SMILES string of the molecule is CC(NCCN1C(=O)c2ccc(Br)cc2C1=O)C1CC1. The largest absolute Gasteiger partial charge is 0.312 e. The average Bonchev–Trinajstić information content (AvgIpc) is 3.23. The van der Waals surface area contributed by atoms with E-state index in [1.807, 2.05) is 0 Å². The number of fused-ring (bicyclic) bond motifs is 1. The van der Waals surface area contributed by atoms with Crippen molar-refractivity contribution >= 4 is 27.7 Å². The lowest BCUT2D eigenvalue weighted by atomic mass is 10.1. The number of nitrogens with zero attached hydrogens (tertiary/aromatic N) is 1. The molecule has 106 valence electrons. The van der Waals surface area contributed by atoms with Crippen LogP contribution >= 0.6 is 15.9 Å². The molecule has 0 spiro atoms. The molecule has 1 saturated carbocycles. The number of rotatable bonds is 5. The first kappa shape index (κ1) is 13.8. The van der Waals surface area contributed by atoms with Gasteiger partial charge in [0.05, 0.1) is 11.1 Å². The first-order valence-electron chi connectivity index (χ1n) is 6.97. The predicted octanol–water partition coefficient (Wildman–Crippen LogP) is 2.43. The lowest BCUT2D eigenvalue weighted by Gasteiger charge is -2.17. The van der Waals surface area contributed by atoms with Gasteiger partial charge in [0.1, 0.15) is 0 Å². The van der Waals surface area contributed by atoms with Crippen LogP contribution in [-0.4, -0.2) is 35.8 Å². The molecule has 1 aliphatic heterocycles. The average molecular weight is 337 g/mol. The molecular formula is C15H17BrN2O2. The predicted molar refractivity (Wildman–Crippen MR) is 79.7 cm³/mol. The van der Waals surface area contributed by atoms with Crippen LogP contribution in [0.3, 0.4) is 0 Å². The van der Waals surface area contributed by atoms with Gasteiger partial charge in [0.15, 0.2) is 0 Å². The van der Waals surface area contributed by atoms with E-state index in [-0.39, 0.29) is 11.8 Å². The molecule has 1 N–H and O–H groups in total. The highest BCUT2D eigenvalue weighted by atomic mass is 79.9. The summed E-state index contributed by atoms with van der Waals surface area (Å²) in [5.41, 5.74) is 1.01. The summed E-state index contributed by atoms with van der Waals surface area (Å²) in [5.74, 6) is 0.402. The second-order valence-electron chi connectivity index (χ2n) is 5.53. The van der Waals surface area contributed by atoms with Gasteiger partial charge in [-0.2, -0.15) is 0 Å². The number of imide groups is 1. The van der Waals surface area contributed by atoms with Gasteiger partial charge in [-0.15, -0.1) is 0 Å². The Bertz CT molecular complexity index is 569. The molecule has 1 fully saturated rings. The van der Waals surface area contributed by atoms with Crippen molar-refractivity contribution in [3.05, 3.63) is 33.8 Å². The van der Waals surface area contributed by atoms with Crippen molar-refractivity contribution in [1.29, 1.82) is 0 Å². The fourth-order valence-corrected chi connectivity index (χ4v) is 2.99. The second kappa shape index (κ2) is 5.30. The van der Waals surface area contributed by atoms with Crippen LogP contribution in [0.25, 0.3) is 0 Å². The van der Waals surface area contributed by atoms with E-state index >= 15 is 0 Å². The van der Waals surface area contributed by atoms with E-state index in [1.165, 1.54) is 17.7 Å². The van der Waals surface area contributed by atoms with Gasteiger partial charge in [0.25, 0.3) is 11.8 Å². The molecule has 20 heavy (non-hydrogen) atoms. The molecular weight excluding hydrogens is 320 g/mol. The van der Waals surface area contributed by atoms with Crippen molar-refractivity contribution in [3.63, 3.8) is 0 Å². The van der Waals surface area contributed by atoms with Crippen LogP contribution < -0.4 is 5.32 Å². The first-order chi connectivity index (χ1) is 9.58. The van der Waals surface area contributed by atoms with E-state index < -0.39 is 0 Å². The van der Waals surface area contributed by atoms with Crippen molar-refractivity contribution in [2.24, 2.45) is 5.92 Å². The summed E-state index contributed by atoms with van der Waals surface area (Å²) < 4.78 is 0.819. The summed E-state index contributed by atoms with van der Waals surface area (Å²) in [5, 5.41) is 3.40. The van der Waals surface area contributed by atoms with E-state index in [0.717, 1.165) is 10.4 Å². The maximum absolute atomic E-state index is 12.2. The van der Waals surface area contributed by atoms with Gasteiger partial charge in [-0.3, -0.25) is 14.5 Å². The zero-order valence-corrected chi connectivity index (χ0v) is 12.9. The van der Waals surface area contributed by atoms with E-state index in [4.69, 9.17) is 0 Å². The van der Waals surface area contributed by atoms with Crippen LogP contribution in [0.1, 0.15) is 40.5 Å². The number of benzene rings is 1. The minimum Gasteiger partial charge on any atom is -0.312 e. The molecule has 5 heteroatoms. The lowest BCUT2D eigenvalue weighted by molar-refractivity contribution is 0.0654. The maximum Gasteiger partial charge on any atom is 0.261 e. The Morgan fingerprint density at radius 2 is 2.00 bits per heavy atom. The van der Waals surface area contributed by atoms with Crippen molar-refractivity contribution in [2.75, 3.05) is 13.1 Å². The van der Waals surface area contributed by atoms with E-state index in [2.05, 4.69) is 28.2 Å².